The molecule has 0 bridgehead atoms. The molecule has 1 aromatic rings. The number of carbonyl (C=O) groups excluding carboxylic acids is 1. The summed E-state index contributed by atoms with van der Waals surface area (Å²) in [7, 11) is 5.96. The van der Waals surface area contributed by atoms with Gasteiger partial charge in [0.25, 0.3) is 0 Å². The van der Waals surface area contributed by atoms with Gasteiger partial charge in [-0.3, -0.25) is 9.69 Å². The molecule has 0 atom stereocenters. The Kier molecular flexibility index (Phi) is 5.76. The number of nitrogens with zero attached hydrogens (tertiary/aromatic N) is 2. The fourth-order valence-electron chi connectivity index (χ4n) is 3.05. The molecule has 1 aliphatic rings. The Labute approximate surface area is 128 Å². The van der Waals surface area contributed by atoms with E-state index in [1.807, 2.05) is 44.4 Å². The van der Waals surface area contributed by atoms with E-state index in [0.29, 0.717) is 18.6 Å². The molecule has 0 saturated heterocycles. The molecule has 1 amide bonds. The second-order valence-electron chi connectivity index (χ2n) is 6.00. The standard InChI is InChI=1S/C17H27N3O/c1-18-14-9-11-15(12-10-14)19(2)13-17(21)20(3)16-7-5-4-6-8-16/h4-8,14-15,18H,9-13H2,1-3H3. The Bertz CT molecular complexity index is 441. The molecule has 1 N–H and O–H groups in total. The van der Waals surface area contributed by atoms with Gasteiger partial charge in [0.2, 0.25) is 5.91 Å². The normalized spacial score (nSPS) is 22.3. The average molecular weight is 289 g/mol. The predicted molar refractivity (Wildman–Crippen MR) is 87.6 cm³/mol. The predicted octanol–water partition coefficient (Wildman–Crippen LogP) is 2.11. The lowest BCUT2D eigenvalue weighted by molar-refractivity contribution is -0.119. The van der Waals surface area contributed by atoms with Gasteiger partial charge in [0.05, 0.1) is 6.54 Å². The van der Waals surface area contributed by atoms with Crippen LogP contribution in [-0.2, 0) is 4.79 Å². The molecule has 0 aliphatic heterocycles. The summed E-state index contributed by atoms with van der Waals surface area (Å²) in [6.45, 7) is 0.486. The molecule has 1 aliphatic carbocycles. The first-order valence-electron chi connectivity index (χ1n) is 7.81. The van der Waals surface area contributed by atoms with Crippen molar-refractivity contribution in [1.82, 2.24) is 10.2 Å². The highest BCUT2D eigenvalue weighted by molar-refractivity contribution is 5.94. The van der Waals surface area contributed by atoms with Gasteiger partial charge in [-0.1, -0.05) is 18.2 Å². The van der Waals surface area contributed by atoms with Crippen molar-refractivity contribution in [3.63, 3.8) is 0 Å². The van der Waals surface area contributed by atoms with E-state index in [0.717, 1.165) is 5.69 Å². The number of benzene rings is 1. The van der Waals surface area contributed by atoms with Gasteiger partial charge in [-0.25, -0.2) is 0 Å². The zero-order valence-corrected chi connectivity index (χ0v) is 13.4. The maximum absolute atomic E-state index is 12.4. The second kappa shape index (κ2) is 7.57. The van der Waals surface area contributed by atoms with E-state index in [-0.39, 0.29) is 5.91 Å². The van der Waals surface area contributed by atoms with Crippen LogP contribution in [0.25, 0.3) is 0 Å². The number of rotatable bonds is 5. The number of nitrogens with one attached hydrogen (secondary N) is 1. The summed E-state index contributed by atoms with van der Waals surface area (Å²) < 4.78 is 0. The summed E-state index contributed by atoms with van der Waals surface area (Å²) in [5.74, 6) is 0.152. The quantitative estimate of drug-likeness (QED) is 0.902. The molecule has 116 valence electrons. The van der Waals surface area contributed by atoms with Crippen molar-refractivity contribution < 1.29 is 4.79 Å². The van der Waals surface area contributed by atoms with Crippen molar-refractivity contribution in [3.8, 4) is 0 Å². The maximum Gasteiger partial charge on any atom is 0.240 e. The second-order valence-corrected chi connectivity index (χ2v) is 6.00. The fourth-order valence-corrected chi connectivity index (χ4v) is 3.05. The van der Waals surface area contributed by atoms with Crippen molar-refractivity contribution >= 4 is 11.6 Å². The SMILES string of the molecule is CNC1CCC(N(C)CC(=O)N(C)c2ccccc2)CC1. The molecule has 2 rings (SSSR count). The number of hydrogen-bond acceptors (Lipinski definition) is 3. The summed E-state index contributed by atoms with van der Waals surface area (Å²) in [6, 6.07) is 11.0. The summed E-state index contributed by atoms with van der Waals surface area (Å²) in [6.07, 6.45) is 4.75. The molecule has 0 aromatic heterocycles. The highest BCUT2D eigenvalue weighted by atomic mass is 16.2. The van der Waals surface area contributed by atoms with E-state index in [1.54, 1.807) is 4.90 Å². The zero-order chi connectivity index (χ0) is 15.2. The van der Waals surface area contributed by atoms with Gasteiger partial charge >= 0.3 is 0 Å². The molecule has 4 nitrogen and oxygen atoms in total. The lowest BCUT2D eigenvalue weighted by Gasteiger charge is -2.34. The minimum Gasteiger partial charge on any atom is -0.317 e. The van der Waals surface area contributed by atoms with Crippen LogP contribution in [-0.4, -0.2) is 50.6 Å². The Balaban J connectivity index is 1.85. The van der Waals surface area contributed by atoms with Gasteiger partial charge in [0, 0.05) is 24.8 Å². The van der Waals surface area contributed by atoms with Crippen LogP contribution < -0.4 is 10.2 Å². The number of anilines is 1. The first-order valence-corrected chi connectivity index (χ1v) is 7.81. The zero-order valence-electron chi connectivity index (χ0n) is 13.4. The molecule has 1 aromatic carbocycles. The van der Waals surface area contributed by atoms with Crippen LogP contribution >= 0.6 is 0 Å². The average Bonchev–Trinajstić information content (AvgIpc) is 2.55. The van der Waals surface area contributed by atoms with Gasteiger partial charge in [-0.15, -0.1) is 0 Å². The topological polar surface area (TPSA) is 35.6 Å². The highest BCUT2D eigenvalue weighted by Gasteiger charge is 2.25. The maximum atomic E-state index is 12.4. The van der Waals surface area contributed by atoms with E-state index in [1.165, 1.54) is 25.7 Å². The van der Waals surface area contributed by atoms with E-state index >= 15 is 0 Å². The fraction of sp³-hybridized carbons (Fsp3) is 0.588. The third kappa shape index (κ3) is 4.29. The van der Waals surface area contributed by atoms with Gasteiger partial charge in [0.15, 0.2) is 0 Å². The summed E-state index contributed by atoms with van der Waals surface area (Å²) in [4.78, 5) is 16.4. The lowest BCUT2D eigenvalue weighted by atomic mass is 9.90. The molecular formula is C17H27N3O. The van der Waals surface area contributed by atoms with Crippen LogP contribution in [0.1, 0.15) is 25.7 Å². The molecule has 0 heterocycles. The minimum absolute atomic E-state index is 0.152. The van der Waals surface area contributed by atoms with Crippen LogP contribution in [0.3, 0.4) is 0 Å². The molecule has 21 heavy (non-hydrogen) atoms. The van der Waals surface area contributed by atoms with Gasteiger partial charge in [-0.05, 0) is 51.9 Å². The smallest absolute Gasteiger partial charge is 0.240 e. The minimum atomic E-state index is 0.152. The first-order chi connectivity index (χ1) is 10.1. The number of likely N-dealkylation sites (N-methyl/N-ethyl adjacent to an activating group) is 2. The van der Waals surface area contributed by atoms with E-state index < -0.39 is 0 Å². The van der Waals surface area contributed by atoms with Crippen LogP contribution in [0.5, 0.6) is 0 Å². The largest absolute Gasteiger partial charge is 0.317 e. The van der Waals surface area contributed by atoms with Crippen LogP contribution in [0.4, 0.5) is 5.69 Å². The number of amides is 1. The Morgan fingerprint density at radius 2 is 1.76 bits per heavy atom. The Morgan fingerprint density at radius 3 is 2.33 bits per heavy atom. The van der Waals surface area contributed by atoms with E-state index in [2.05, 4.69) is 17.3 Å². The lowest BCUT2D eigenvalue weighted by Crippen LogP contribution is -2.44. The third-order valence-corrected chi connectivity index (χ3v) is 4.63. The molecule has 0 spiro atoms. The van der Waals surface area contributed by atoms with Crippen molar-refractivity contribution in [2.45, 2.75) is 37.8 Å². The van der Waals surface area contributed by atoms with Crippen molar-refractivity contribution in [2.75, 3.05) is 32.6 Å². The highest BCUT2D eigenvalue weighted by Crippen LogP contribution is 2.22. The Morgan fingerprint density at radius 1 is 1.14 bits per heavy atom. The van der Waals surface area contributed by atoms with Crippen LogP contribution in [0.2, 0.25) is 0 Å². The van der Waals surface area contributed by atoms with Gasteiger partial charge < -0.3 is 10.2 Å². The summed E-state index contributed by atoms with van der Waals surface area (Å²) in [5, 5.41) is 3.35. The number of carbonyl (C=O) groups is 1. The van der Waals surface area contributed by atoms with Crippen molar-refractivity contribution in [1.29, 1.82) is 0 Å². The number of hydrogen-bond donors (Lipinski definition) is 1. The van der Waals surface area contributed by atoms with Gasteiger partial charge in [-0.2, -0.15) is 0 Å². The summed E-state index contributed by atoms with van der Waals surface area (Å²) >= 11 is 0. The Hall–Kier alpha value is -1.39. The van der Waals surface area contributed by atoms with E-state index in [9.17, 15) is 4.79 Å². The van der Waals surface area contributed by atoms with Crippen molar-refractivity contribution in [3.05, 3.63) is 30.3 Å². The van der Waals surface area contributed by atoms with Crippen LogP contribution in [0.15, 0.2) is 30.3 Å². The molecule has 0 radical (unpaired) electrons. The molecule has 4 heteroatoms. The molecule has 1 saturated carbocycles. The van der Waals surface area contributed by atoms with Crippen molar-refractivity contribution in [2.24, 2.45) is 0 Å². The monoisotopic (exact) mass is 289 g/mol. The van der Waals surface area contributed by atoms with E-state index in [4.69, 9.17) is 0 Å². The molecule has 0 unspecified atom stereocenters. The molecule has 1 fully saturated rings. The van der Waals surface area contributed by atoms with Gasteiger partial charge in [0.1, 0.15) is 0 Å². The summed E-state index contributed by atoms with van der Waals surface area (Å²) in [5.41, 5.74) is 0.954. The van der Waals surface area contributed by atoms with Crippen LogP contribution in [0, 0.1) is 0 Å². The third-order valence-electron chi connectivity index (χ3n) is 4.63. The number of para-hydroxylation sites is 1. The molecular weight excluding hydrogens is 262 g/mol. The first kappa shape index (κ1) is 16.0.